The second kappa shape index (κ2) is 9.50. The van der Waals surface area contributed by atoms with Crippen molar-refractivity contribution in [2.45, 2.75) is 22.3 Å². The fraction of sp³-hybridized carbons (Fsp3) is 0.417. The second-order valence-corrected chi connectivity index (χ2v) is 4.77. The van der Waals surface area contributed by atoms with Gasteiger partial charge in [-0.05, 0) is 30.2 Å². The van der Waals surface area contributed by atoms with E-state index in [1.54, 1.807) is 0 Å². The smallest absolute Gasteiger partial charge is 0.325 e. The molecule has 0 bridgehead atoms. The summed E-state index contributed by atoms with van der Waals surface area (Å²) in [5, 5.41) is 0. The number of halogens is 1. The van der Waals surface area contributed by atoms with Gasteiger partial charge in [-0.25, -0.2) is 0 Å². The van der Waals surface area contributed by atoms with Crippen molar-refractivity contribution in [3.8, 4) is 0 Å². The number of benzene rings is 1. The number of rotatable bonds is 6. The lowest BCUT2D eigenvalue weighted by Crippen LogP contribution is -2.36. The predicted molar refractivity (Wildman–Crippen MR) is 82.7 cm³/mol. The number of esters is 1. The number of carbonyl (C=O) groups is 1. The Hall–Kier alpha value is -0.400. The van der Waals surface area contributed by atoms with Crippen molar-refractivity contribution < 1.29 is 14.3 Å². The molecule has 1 atom stereocenters. The number of hydrogen-bond donors (Lipinski definition) is 3. The van der Waals surface area contributed by atoms with E-state index in [0.29, 0.717) is 13.0 Å². The molecule has 0 radical (unpaired) electrons. The second-order valence-electron chi connectivity index (χ2n) is 3.77. The SMILES string of the molecule is COC(=O)[C@@H](N)COCCc1cc(S)ccc1S.Cl. The molecule has 1 aromatic rings. The highest BCUT2D eigenvalue weighted by Gasteiger charge is 2.13. The summed E-state index contributed by atoms with van der Waals surface area (Å²) in [6.07, 6.45) is 0.696. The zero-order valence-corrected chi connectivity index (χ0v) is 13.1. The Kier molecular flexibility index (Phi) is 9.30. The number of methoxy groups -OCH3 is 1. The first-order valence-electron chi connectivity index (χ1n) is 5.46. The van der Waals surface area contributed by atoms with Crippen LogP contribution in [-0.4, -0.2) is 32.3 Å². The van der Waals surface area contributed by atoms with Crippen molar-refractivity contribution >= 4 is 43.6 Å². The van der Waals surface area contributed by atoms with E-state index in [9.17, 15) is 4.79 Å². The van der Waals surface area contributed by atoms with Crippen molar-refractivity contribution in [2.24, 2.45) is 5.73 Å². The summed E-state index contributed by atoms with van der Waals surface area (Å²) >= 11 is 8.61. The third kappa shape index (κ3) is 6.54. The van der Waals surface area contributed by atoms with Crippen molar-refractivity contribution in [2.75, 3.05) is 20.3 Å². The highest BCUT2D eigenvalue weighted by atomic mass is 35.5. The minimum Gasteiger partial charge on any atom is -0.468 e. The zero-order chi connectivity index (χ0) is 13.5. The van der Waals surface area contributed by atoms with Gasteiger partial charge in [0.1, 0.15) is 6.04 Å². The molecule has 19 heavy (non-hydrogen) atoms. The van der Waals surface area contributed by atoms with Gasteiger partial charge in [-0.15, -0.1) is 37.7 Å². The molecule has 1 aromatic carbocycles. The molecule has 4 nitrogen and oxygen atoms in total. The molecule has 0 aliphatic carbocycles. The molecule has 0 amide bonds. The van der Waals surface area contributed by atoms with E-state index in [4.69, 9.17) is 10.5 Å². The van der Waals surface area contributed by atoms with E-state index in [0.717, 1.165) is 15.4 Å². The van der Waals surface area contributed by atoms with E-state index in [1.165, 1.54) is 7.11 Å². The first-order chi connectivity index (χ1) is 8.54. The van der Waals surface area contributed by atoms with E-state index in [1.807, 2.05) is 18.2 Å². The summed E-state index contributed by atoms with van der Waals surface area (Å²) in [4.78, 5) is 12.8. The summed E-state index contributed by atoms with van der Waals surface area (Å²) in [5.74, 6) is -0.470. The van der Waals surface area contributed by atoms with Gasteiger partial charge in [-0.3, -0.25) is 4.79 Å². The number of ether oxygens (including phenoxy) is 2. The molecule has 0 aliphatic heterocycles. The molecule has 108 valence electrons. The van der Waals surface area contributed by atoms with Crippen LogP contribution in [0.15, 0.2) is 28.0 Å². The molecule has 0 fully saturated rings. The Morgan fingerprint density at radius 1 is 1.42 bits per heavy atom. The molecule has 0 saturated carbocycles. The largest absolute Gasteiger partial charge is 0.468 e. The number of hydrogen-bond acceptors (Lipinski definition) is 6. The van der Waals surface area contributed by atoms with Crippen LogP contribution in [0.3, 0.4) is 0 Å². The Morgan fingerprint density at radius 2 is 2.11 bits per heavy atom. The van der Waals surface area contributed by atoms with Crippen LogP contribution in [0.25, 0.3) is 0 Å². The number of thiol groups is 2. The maximum absolute atomic E-state index is 11.0. The summed E-state index contributed by atoms with van der Waals surface area (Å²) < 4.78 is 9.83. The maximum Gasteiger partial charge on any atom is 0.325 e. The third-order valence-electron chi connectivity index (χ3n) is 2.38. The Bertz CT molecular complexity index is 418. The highest BCUT2D eigenvalue weighted by molar-refractivity contribution is 7.80. The molecule has 0 heterocycles. The Morgan fingerprint density at radius 3 is 2.74 bits per heavy atom. The normalized spacial score (nSPS) is 11.6. The van der Waals surface area contributed by atoms with Gasteiger partial charge < -0.3 is 15.2 Å². The lowest BCUT2D eigenvalue weighted by Gasteiger charge is -2.10. The van der Waals surface area contributed by atoms with Crippen LogP contribution in [0, 0.1) is 0 Å². The van der Waals surface area contributed by atoms with Gasteiger partial charge in [0.15, 0.2) is 0 Å². The maximum atomic E-state index is 11.0. The van der Waals surface area contributed by atoms with Crippen LogP contribution in [0.5, 0.6) is 0 Å². The minimum absolute atomic E-state index is 0. The average molecular weight is 324 g/mol. The van der Waals surface area contributed by atoms with E-state index >= 15 is 0 Å². The molecular formula is C12H18ClNO3S2. The van der Waals surface area contributed by atoms with Crippen LogP contribution < -0.4 is 5.73 Å². The lowest BCUT2D eigenvalue weighted by molar-refractivity contribution is -0.143. The van der Waals surface area contributed by atoms with Crippen molar-refractivity contribution in [1.82, 2.24) is 0 Å². The van der Waals surface area contributed by atoms with Gasteiger partial charge in [0.05, 0.1) is 20.3 Å². The molecule has 0 aliphatic rings. The molecule has 0 unspecified atom stereocenters. The topological polar surface area (TPSA) is 61.5 Å². The quantitative estimate of drug-likeness (QED) is 0.424. The average Bonchev–Trinajstić information content (AvgIpc) is 2.37. The molecule has 0 saturated heterocycles. The van der Waals surface area contributed by atoms with Crippen LogP contribution in [0.2, 0.25) is 0 Å². The first-order valence-corrected chi connectivity index (χ1v) is 6.36. The standard InChI is InChI=1S/C12H17NO3S2.ClH/c1-15-12(14)10(13)7-16-5-4-8-6-9(17)2-3-11(8)18;/h2-3,6,10,17-18H,4-5,7,13H2,1H3;1H/t10-;/m0./s1. The van der Waals surface area contributed by atoms with Crippen molar-refractivity contribution in [1.29, 1.82) is 0 Å². The van der Waals surface area contributed by atoms with E-state index in [2.05, 4.69) is 30.0 Å². The summed E-state index contributed by atoms with van der Waals surface area (Å²) in [7, 11) is 1.30. The van der Waals surface area contributed by atoms with Crippen LogP contribution in [0.4, 0.5) is 0 Å². The van der Waals surface area contributed by atoms with Crippen LogP contribution >= 0.6 is 37.7 Å². The Balaban J connectivity index is 0.00000324. The van der Waals surface area contributed by atoms with Gasteiger partial charge in [0, 0.05) is 9.79 Å². The van der Waals surface area contributed by atoms with Crippen molar-refractivity contribution in [3.05, 3.63) is 23.8 Å². The monoisotopic (exact) mass is 323 g/mol. The van der Waals surface area contributed by atoms with Crippen LogP contribution in [-0.2, 0) is 20.7 Å². The lowest BCUT2D eigenvalue weighted by atomic mass is 10.1. The van der Waals surface area contributed by atoms with Gasteiger partial charge in [0.25, 0.3) is 0 Å². The van der Waals surface area contributed by atoms with Crippen molar-refractivity contribution in [3.63, 3.8) is 0 Å². The first kappa shape index (κ1) is 18.6. The number of nitrogens with two attached hydrogens (primary N) is 1. The summed E-state index contributed by atoms with van der Waals surface area (Å²) in [6, 6.07) is 4.97. The third-order valence-corrected chi connectivity index (χ3v) is 3.09. The van der Waals surface area contributed by atoms with E-state index in [-0.39, 0.29) is 19.0 Å². The van der Waals surface area contributed by atoms with Gasteiger partial charge >= 0.3 is 5.97 Å². The van der Waals surface area contributed by atoms with Gasteiger partial charge in [0.2, 0.25) is 0 Å². The number of carbonyl (C=O) groups excluding carboxylic acids is 1. The molecule has 0 spiro atoms. The van der Waals surface area contributed by atoms with Gasteiger partial charge in [-0.2, -0.15) is 0 Å². The molecule has 1 rings (SSSR count). The van der Waals surface area contributed by atoms with Crippen LogP contribution in [0.1, 0.15) is 5.56 Å². The molecule has 0 aromatic heterocycles. The molecular weight excluding hydrogens is 306 g/mol. The Labute approximate surface area is 130 Å². The summed E-state index contributed by atoms with van der Waals surface area (Å²) in [6.45, 7) is 0.616. The molecule has 2 N–H and O–H groups in total. The minimum atomic E-state index is -0.735. The predicted octanol–water partition coefficient (Wildman–Crippen LogP) is 1.75. The fourth-order valence-electron chi connectivity index (χ4n) is 1.38. The van der Waals surface area contributed by atoms with E-state index < -0.39 is 12.0 Å². The summed E-state index contributed by atoms with van der Waals surface area (Å²) in [5.41, 5.74) is 6.59. The fourth-order valence-corrected chi connectivity index (χ4v) is 1.87. The highest BCUT2D eigenvalue weighted by Crippen LogP contribution is 2.18. The van der Waals surface area contributed by atoms with Gasteiger partial charge in [-0.1, -0.05) is 0 Å². The zero-order valence-electron chi connectivity index (χ0n) is 10.5. The molecule has 7 heteroatoms.